The van der Waals surface area contributed by atoms with E-state index in [4.69, 9.17) is 55.0 Å². The van der Waals surface area contributed by atoms with Crippen molar-refractivity contribution in [3.63, 3.8) is 0 Å². The molecule has 3 aromatic rings. The summed E-state index contributed by atoms with van der Waals surface area (Å²) < 4.78 is 11.5. The lowest BCUT2D eigenvalue weighted by Gasteiger charge is -2.14. The number of hydrogen-bond acceptors (Lipinski definition) is 5. The van der Waals surface area contributed by atoms with E-state index in [9.17, 15) is 0 Å². The van der Waals surface area contributed by atoms with Crippen molar-refractivity contribution >= 4 is 34.9 Å². The number of hydrogen-bond donors (Lipinski definition) is 4. The number of halogens is 2. The van der Waals surface area contributed by atoms with E-state index in [1.54, 1.807) is 48.5 Å². The van der Waals surface area contributed by atoms with Crippen LogP contribution in [0.3, 0.4) is 0 Å². The molecule has 0 unspecified atom stereocenters. The zero-order valence-corrected chi connectivity index (χ0v) is 15.9. The predicted octanol–water partition coefficient (Wildman–Crippen LogP) is 4.54. The Morgan fingerprint density at radius 3 is 1.54 bits per heavy atom. The third kappa shape index (κ3) is 4.16. The summed E-state index contributed by atoms with van der Waals surface area (Å²) in [4.78, 5) is 4.23. The van der Waals surface area contributed by atoms with Crippen molar-refractivity contribution < 1.29 is 9.47 Å². The Balaban J connectivity index is 1.99. The van der Waals surface area contributed by atoms with E-state index in [-0.39, 0.29) is 33.5 Å². The highest BCUT2D eigenvalue weighted by Crippen LogP contribution is 2.37. The fourth-order valence-corrected chi connectivity index (χ4v) is 2.78. The molecule has 0 spiro atoms. The summed E-state index contributed by atoms with van der Waals surface area (Å²) in [5, 5.41) is 15.6. The predicted molar refractivity (Wildman–Crippen MR) is 109 cm³/mol. The molecule has 6 N–H and O–H groups in total. The number of pyridine rings is 1. The molecule has 0 aliphatic rings. The van der Waals surface area contributed by atoms with E-state index in [0.717, 1.165) is 0 Å². The van der Waals surface area contributed by atoms with Crippen molar-refractivity contribution in [2.45, 2.75) is 0 Å². The molecule has 1 heterocycles. The van der Waals surface area contributed by atoms with Crippen LogP contribution < -0.4 is 20.9 Å². The van der Waals surface area contributed by atoms with Gasteiger partial charge in [-0.2, -0.15) is 4.98 Å². The highest BCUT2D eigenvalue weighted by molar-refractivity contribution is 6.36. The average Bonchev–Trinajstić information content (AvgIpc) is 2.66. The number of nitrogens with zero attached hydrogens (tertiary/aromatic N) is 1. The first-order valence-corrected chi connectivity index (χ1v) is 8.71. The molecule has 7 nitrogen and oxygen atoms in total. The molecule has 28 heavy (non-hydrogen) atoms. The van der Waals surface area contributed by atoms with Gasteiger partial charge in [-0.3, -0.25) is 10.8 Å². The van der Waals surface area contributed by atoms with Gasteiger partial charge < -0.3 is 20.9 Å². The van der Waals surface area contributed by atoms with Gasteiger partial charge in [-0.1, -0.05) is 47.5 Å². The van der Waals surface area contributed by atoms with Gasteiger partial charge in [0.2, 0.25) is 11.8 Å². The van der Waals surface area contributed by atoms with E-state index < -0.39 is 0 Å². The molecular formula is C19H15Cl2N5O2. The van der Waals surface area contributed by atoms with Crippen molar-refractivity contribution in [2.75, 3.05) is 0 Å². The van der Waals surface area contributed by atoms with Gasteiger partial charge in [0.05, 0.1) is 11.1 Å². The number of para-hydroxylation sites is 2. The molecule has 3 rings (SSSR count). The molecule has 0 atom stereocenters. The summed E-state index contributed by atoms with van der Waals surface area (Å²) in [5.41, 5.74) is 11.9. The third-order valence-electron chi connectivity index (χ3n) is 3.63. The largest absolute Gasteiger partial charge is 0.437 e. The molecule has 142 valence electrons. The fraction of sp³-hybridized carbons (Fsp3) is 0. The molecule has 0 aliphatic carbocycles. The summed E-state index contributed by atoms with van der Waals surface area (Å²) >= 11 is 12.4. The molecule has 9 heteroatoms. The van der Waals surface area contributed by atoms with Gasteiger partial charge in [-0.15, -0.1) is 0 Å². The molecule has 0 saturated carbocycles. The third-order valence-corrected chi connectivity index (χ3v) is 4.17. The minimum Gasteiger partial charge on any atom is -0.437 e. The standard InChI is InChI=1S/C19H15Cl2N5O2/c20-12-9-13(21)19(28-15-8-4-2-6-11(15)17(24)25)26-18(12)27-14-7-3-1-5-10(14)16(22)23/h1-9H,(H3,22,23)(H3,24,25). The molecule has 0 aliphatic heterocycles. The van der Waals surface area contributed by atoms with Crippen LogP contribution in [-0.2, 0) is 0 Å². The number of nitrogens with two attached hydrogens (primary N) is 2. The van der Waals surface area contributed by atoms with Gasteiger partial charge in [0.25, 0.3) is 0 Å². The van der Waals surface area contributed by atoms with Crippen LogP contribution >= 0.6 is 23.2 Å². The molecule has 0 radical (unpaired) electrons. The molecule has 0 bridgehead atoms. The zero-order chi connectivity index (χ0) is 20.3. The van der Waals surface area contributed by atoms with Crippen LogP contribution in [0.1, 0.15) is 11.1 Å². The second-order valence-corrected chi connectivity index (χ2v) is 6.40. The molecule has 0 amide bonds. The maximum absolute atomic E-state index is 7.65. The van der Waals surface area contributed by atoms with Crippen LogP contribution in [0.25, 0.3) is 0 Å². The number of nitrogens with one attached hydrogen (secondary N) is 2. The zero-order valence-electron chi connectivity index (χ0n) is 14.4. The lowest BCUT2D eigenvalue weighted by molar-refractivity contribution is 0.426. The maximum Gasteiger partial charge on any atom is 0.241 e. The van der Waals surface area contributed by atoms with Crippen molar-refractivity contribution in [3.8, 4) is 23.3 Å². The summed E-state index contributed by atoms with van der Waals surface area (Å²) in [6.45, 7) is 0. The van der Waals surface area contributed by atoms with Gasteiger partial charge in [0, 0.05) is 0 Å². The van der Waals surface area contributed by atoms with Crippen LogP contribution in [0.15, 0.2) is 54.6 Å². The summed E-state index contributed by atoms with van der Waals surface area (Å²) in [7, 11) is 0. The molecule has 2 aromatic carbocycles. The molecule has 1 aromatic heterocycles. The first-order valence-electron chi connectivity index (χ1n) is 7.95. The van der Waals surface area contributed by atoms with Crippen LogP contribution in [0.5, 0.6) is 23.3 Å². The van der Waals surface area contributed by atoms with Crippen molar-refractivity contribution in [3.05, 3.63) is 75.8 Å². The Bertz CT molecular complexity index is 991. The second kappa shape index (κ2) is 8.16. The van der Waals surface area contributed by atoms with Gasteiger partial charge in [0.15, 0.2) is 0 Å². The van der Waals surface area contributed by atoms with Crippen molar-refractivity contribution in [1.29, 1.82) is 10.8 Å². The molecule has 0 fully saturated rings. The Labute approximate surface area is 170 Å². The lowest BCUT2D eigenvalue weighted by atomic mass is 10.2. The number of ether oxygens (including phenoxy) is 2. The average molecular weight is 416 g/mol. The van der Waals surface area contributed by atoms with Crippen molar-refractivity contribution in [2.24, 2.45) is 11.5 Å². The summed E-state index contributed by atoms with van der Waals surface area (Å²) in [6, 6.07) is 14.9. The van der Waals surface area contributed by atoms with Crippen LogP contribution in [0.4, 0.5) is 0 Å². The highest BCUT2D eigenvalue weighted by Gasteiger charge is 2.17. The summed E-state index contributed by atoms with van der Waals surface area (Å²) in [6.07, 6.45) is 0. The van der Waals surface area contributed by atoms with E-state index in [2.05, 4.69) is 4.98 Å². The SMILES string of the molecule is N=C(N)c1ccccc1Oc1nc(Oc2ccccc2C(=N)N)c(Cl)cc1Cl. The monoisotopic (exact) mass is 415 g/mol. The minimum absolute atomic E-state index is 0.0232. The van der Waals surface area contributed by atoms with E-state index in [0.29, 0.717) is 22.6 Å². The first kappa shape index (κ1) is 19.5. The lowest BCUT2D eigenvalue weighted by Crippen LogP contribution is -2.12. The Morgan fingerprint density at radius 2 is 1.14 bits per heavy atom. The van der Waals surface area contributed by atoms with Gasteiger partial charge in [-0.25, -0.2) is 0 Å². The molecular weight excluding hydrogens is 401 g/mol. The van der Waals surface area contributed by atoms with Crippen LogP contribution in [0, 0.1) is 10.8 Å². The minimum atomic E-state index is -0.160. The van der Waals surface area contributed by atoms with Crippen molar-refractivity contribution in [1.82, 2.24) is 4.98 Å². The van der Waals surface area contributed by atoms with Gasteiger partial charge in [0.1, 0.15) is 33.2 Å². The maximum atomic E-state index is 7.65. The smallest absolute Gasteiger partial charge is 0.241 e. The van der Waals surface area contributed by atoms with E-state index in [1.807, 2.05) is 0 Å². The Morgan fingerprint density at radius 1 is 0.750 bits per heavy atom. The summed E-state index contributed by atoms with van der Waals surface area (Å²) in [5.74, 6) is 0.342. The Hall–Kier alpha value is -3.29. The van der Waals surface area contributed by atoms with Crippen LogP contribution in [0.2, 0.25) is 10.0 Å². The number of rotatable bonds is 6. The fourth-order valence-electron chi connectivity index (χ4n) is 2.34. The van der Waals surface area contributed by atoms with Crippen LogP contribution in [-0.4, -0.2) is 16.7 Å². The van der Waals surface area contributed by atoms with E-state index in [1.165, 1.54) is 6.07 Å². The highest BCUT2D eigenvalue weighted by atomic mass is 35.5. The number of nitrogen functional groups attached to an aromatic ring is 2. The number of aromatic nitrogens is 1. The Kier molecular flexibility index (Phi) is 5.67. The quantitative estimate of drug-likeness (QED) is 0.346. The van der Waals surface area contributed by atoms with E-state index >= 15 is 0 Å². The second-order valence-electron chi connectivity index (χ2n) is 5.59. The normalized spacial score (nSPS) is 10.4. The molecule has 0 saturated heterocycles. The number of benzene rings is 2. The van der Waals surface area contributed by atoms with Gasteiger partial charge in [-0.05, 0) is 30.3 Å². The topological polar surface area (TPSA) is 131 Å². The van der Waals surface area contributed by atoms with Gasteiger partial charge >= 0.3 is 0 Å². The first-order chi connectivity index (χ1) is 13.4. The number of amidine groups is 2.